The van der Waals surface area contributed by atoms with Crippen molar-refractivity contribution in [3.05, 3.63) is 0 Å². The second-order valence-electron chi connectivity index (χ2n) is 4.17. The molecule has 1 saturated carbocycles. The van der Waals surface area contributed by atoms with Gasteiger partial charge in [0.1, 0.15) is 11.6 Å². The first kappa shape index (κ1) is 10.4. The smallest absolute Gasteiger partial charge is 0.140 e. The molecule has 74 valence electrons. The topological polar surface area (TPSA) is 43.4 Å². The Balaban J connectivity index is 2.70. The monoisotopic (exact) mass is 184 g/mol. The SMILES string of the molecule is COC(C)(C)C1CC(=O)CC(=O)C1. The van der Waals surface area contributed by atoms with Crippen molar-refractivity contribution in [1.82, 2.24) is 0 Å². The molecule has 0 radical (unpaired) electrons. The van der Waals surface area contributed by atoms with Crippen LogP contribution in [0.1, 0.15) is 33.1 Å². The third-order valence-corrected chi connectivity index (χ3v) is 2.85. The van der Waals surface area contributed by atoms with Crippen molar-refractivity contribution in [2.75, 3.05) is 7.11 Å². The molecule has 0 heterocycles. The molecule has 0 aliphatic heterocycles. The van der Waals surface area contributed by atoms with Crippen LogP contribution >= 0.6 is 0 Å². The molecule has 13 heavy (non-hydrogen) atoms. The summed E-state index contributed by atoms with van der Waals surface area (Å²) in [4.78, 5) is 22.3. The zero-order valence-corrected chi connectivity index (χ0v) is 8.42. The van der Waals surface area contributed by atoms with Crippen molar-refractivity contribution >= 4 is 11.6 Å². The Labute approximate surface area is 78.5 Å². The van der Waals surface area contributed by atoms with E-state index in [9.17, 15) is 9.59 Å². The van der Waals surface area contributed by atoms with Crippen LogP contribution in [0.3, 0.4) is 0 Å². The number of hydrogen-bond donors (Lipinski definition) is 0. The molecule has 1 fully saturated rings. The maximum absolute atomic E-state index is 11.2. The second-order valence-corrected chi connectivity index (χ2v) is 4.17. The Morgan fingerprint density at radius 3 is 2.08 bits per heavy atom. The van der Waals surface area contributed by atoms with Gasteiger partial charge in [-0.05, 0) is 13.8 Å². The summed E-state index contributed by atoms with van der Waals surface area (Å²) in [5.74, 6) is 0.143. The molecule has 3 nitrogen and oxygen atoms in total. The number of Topliss-reactive ketones (excluding diaryl/α,β-unsaturated/α-hetero) is 2. The van der Waals surface area contributed by atoms with Crippen LogP contribution in [0.4, 0.5) is 0 Å². The van der Waals surface area contributed by atoms with E-state index in [2.05, 4.69) is 0 Å². The van der Waals surface area contributed by atoms with Gasteiger partial charge in [-0.2, -0.15) is 0 Å². The van der Waals surface area contributed by atoms with Crippen LogP contribution in [-0.2, 0) is 14.3 Å². The maximum Gasteiger partial charge on any atom is 0.140 e. The third-order valence-electron chi connectivity index (χ3n) is 2.85. The molecular weight excluding hydrogens is 168 g/mol. The Kier molecular flexibility index (Phi) is 2.86. The highest BCUT2D eigenvalue weighted by Gasteiger charge is 2.36. The van der Waals surface area contributed by atoms with Gasteiger partial charge in [0.2, 0.25) is 0 Å². The summed E-state index contributed by atoms with van der Waals surface area (Å²) in [5.41, 5.74) is -0.369. The van der Waals surface area contributed by atoms with E-state index in [1.54, 1.807) is 7.11 Å². The molecule has 3 heteroatoms. The third kappa shape index (κ3) is 2.37. The van der Waals surface area contributed by atoms with Gasteiger partial charge in [0.05, 0.1) is 12.0 Å². The molecule has 1 aliphatic carbocycles. The van der Waals surface area contributed by atoms with Gasteiger partial charge in [0, 0.05) is 25.9 Å². The van der Waals surface area contributed by atoms with Crippen LogP contribution in [-0.4, -0.2) is 24.3 Å². The summed E-state index contributed by atoms with van der Waals surface area (Å²) < 4.78 is 5.27. The fourth-order valence-corrected chi connectivity index (χ4v) is 1.64. The molecule has 0 aromatic rings. The fraction of sp³-hybridized carbons (Fsp3) is 0.800. The molecule has 0 spiro atoms. The maximum atomic E-state index is 11.2. The minimum absolute atomic E-state index is 0.0475. The van der Waals surface area contributed by atoms with E-state index in [-0.39, 0.29) is 29.5 Å². The van der Waals surface area contributed by atoms with Crippen LogP contribution in [0.15, 0.2) is 0 Å². The molecule has 0 N–H and O–H groups in total. The molecule has 0 aromatic heterocycles. The number of hydrogen-bond acceptors (Lipinski definition) is 3. The highest BCUT2D eigenvalue weighted by atomic mass is 16.5. The highest BCUT2D eigenvalue weighted by molar-refractivity contribution is 6.01. The lowest BCUT2D eigenvalue weighted by molar-refractivity contribution is -0.136. The summed E-state index contributed by atoms with van der Waals surface area (Å²) in [6.07, 6.45) is 1.08. The van der Waals surface area contributed by atoms with Crippen molar-refractivity contribution < 1.29 is 14.3 Å². The van der Waals surface area contributed by atoms with E-state index >= 15 is 0 Å². The Morgan fingerprint density at radius 1 is 1.23 bits per heavy atom. The molecule has 0 bridgehead atoms. The standard InChI is InChI=1S/C10H16O3/c1-10(2,13-3)7-4-8(11)6-9(12)5-7/h7H,4-6H2,1-3H3. The minimum atomic E-state index is -0.369. The Morgan fingerprint density at radius 2 is 1.69 bits per heavy atom. The number of carbonyl (C=O) groups is 2. The average Bonchev–Trinajstić information content (AvgIpc) is 2.02. The normalized spacial score (nSPS) is 20.8. The Bertz CT molecular complexity index is 214. The molecule has 0 amide bonds. The molecule has 0 saturated heterocycles. The van der Waals surface area contributed by atoms with Gasteiger partial charge in [-0.3, -0.25) is 9.59 Å². The predicted molar refractivity (Wildman–Crippen MR) is 48.4 cm³/mol. The van der Waals surface area contributed by atoms with Gasteiger partial charge in [-0.25, -0.2) is 0 Å². The summed E-state index contributed by atoms with van der Waals surface area (Å²) in [5, 5.41) is 0. The average molecular weight is 184 g/mol. The van der Waals surface area contributed by atoms with Crippen LogP contribution in [0, 0.1) is 5.92 Å². The van der Waals surface area contributed by atoms with Gasteiger partial charge in [0.25, 0.3) is 0 Å². The molecule has 1 rings (SSSR count). The number of methoxy groups -OCH3 is 1. The van der Waals surface area contributed by atoms with E-state index in [0.717, 1.165) is 0 Å². The van der Waals surface area contributed by atoms with Crippen LogP contribution < -0.4 is 0 Å². The molecular formula is C10H16O3. The lowest BCUT2D eigenvalue weighted by Crippen LogP contribution is -2.39. The number of carbonyl (C=O) groups excluding carboxylic acids is 2. The number of ketones is 2. The summed E-state index contributed by atoms with van der Waals surface area (Å²) >= 11 is 0. The van der Waals surface area contributed by atoms with Gasteiger partial charge in [-0.15, -0.1) is 0 Å². The Hall–Kier alpha value is -0.700. The minimum Gasteiger partial charge on any atom is -0.378 e. The molecule has 0 unspecified atom stereocenters. The van der Waals surface area contributed by atoms with Gasteiger partial charge in [0.15, 0.2) is 0 Å². The summed E-state index contributed by atoms with van der Waals surface area (Å²) in [6.45, 7) is 3.84. The van der Waals surface area contributed by atoms with Gasteiger partial charge < -0.3 is 4.74 Å². The van der Waals surface area contributed by atoms with E-state index in [1.165, 1.54) is 0 Å². The first-order valence-electron chi connectivity index (χ1n) is 4.54. The zero-order chi connectivity index (χ0) is 10.1. The fourth-order valence-electron chi connectivity index (χ4n) is 1.64. The largest absolute Gasteiger partial charge is 0.378 e. The first-order valence-corrected chi connectivity index (χ1v) is 4.54. The van der Waals surface area contributed by atoms with E-state index in [0.29, 0.717) is 12.8 Å². The lowest BCUT2D eigenvalue weighted by Gasteiger charge is -2.34. The molecule has 0 atom stereocenters. The lowest BCUT2D eigenvalue weighted by atomic mass is 9.77. The van der Waals surface area contributed by atoms with Crippen molar-refractivity contribution in [2.45, 2.75) is 38.7 Å². The van der Waals surface area contributed by atoms with E-state index in [1.807, 2.05) is 13.8 Å². The van der Waals surface area contributed by atoms with Crippen molar-refractivity contribution in [1.29, 1.82) is 0 Å². The highest BCUT2D eigenvalue weighted by Crippen LogP contribution is 2.31. The zero-order valence-electron chi connectivity index (χ0n) is 8.42. The number of rotatable bonds is 2. The van der Waals surface area contributed by atoms with Crippen molar-refractivity contribution in [3.8, 4) is 0 Å². The number of ether oxygens (including phenoxy) is 1. The van der Waals surface area contributed by atoms with Crippen LogP contribution in [0.2, 0.25) is 0 Å². The molecule has 1 aliphatic rings. The predicted octanol–water partition coefficient (Wildman–Crippen LogP) is 1.35. The van der Waals surface area contributed by atoms with E-state index in [4.69, 9.17) is 4.74 Å². The summed E-state index contributed by atoms with van der Waals surface area (Å²) in [7, 11) is 1.61. The second kappa shape index (κ2) is 3.58. The first-order chi connectivity index (χ1) is 5.95. The quantitative estimate of drug-likeness (QED) is 0.608. The van der Waals surface area contributed by atoms with Crippen LogP contribution in [0.5, 0.6) is 0 Å². The van der Waals surface area contributed by atoms with Crippen LogP contribution in [0.25, 0.3) is 0 Å². The van der Waals surface area contributed by atoms with E-state index < -0.39 is 0 Å². The van der Waals surface area contributed by atoms with Crippen molar-refractivity contribution in [3.63, 3.8) is 0 Å². The summed E-state index contributed by atoms with van der Waals surface area (Å²) in [6, 6.07) is 0. The molecule has 0 aromatic carbocycles. The van der Waals surface area contributed by atoms with Crippen molar-refractivity contribution in [2.24, 2.45) is 5.92 Å². The van der Waals surface area contributed by atoms with Gasteiger partial charge >= 0.3 is 0 Å². The van der Waals surface area contributed by atoms with Gasteiger partial charge in [-0.1, -0.05) is 0 Å².